The minimum Gasteiger partial charge on any atom is -0.466 e. The van der Waals surface area contributed by atoms with Gasteiger partial charge >= 0.3 is 0 Å². The number of aryl methyl sites for hydroxylation is 3. The molecule has 1 N–H and O–H groups in total. The number of rotatable bonds is 4. The van der Waals surface area contributed by atoms with Crippen molar-refractivity contribution in [2.75, 3.05) is 37.6 Å². The summed E-state index contributed by atoms with van der Waals surface area (Å²) in [5, 5.41) is 2.70. The van der Waals surface area contributed by atoms with Crippen molar-refractivity contribution in [3.05, 3.63) is 53.0 Å². The Kier molecular flexibility index (Phi) is 5.30. The van der Waals surface area contributed by atoms with E-state index in [2.05, 4.69) is 41.4 Å². The van der Waals surface area contributed by atoms with Crippen LogP contribution < -0.4 is 10.2 Å². The smallest absolute Gasteiger partial charge is 0.255 e. The van der Waals surface area contributed by atoms with Crippen LogP contribution in [-0.4, -0.2) is 49.4 Å². The molecule has 0 unspecified atom stereocenters. The van der Waals surface area contributed by atoms with E-state index in [0.717, 1.165) is 13.1 Å². The molecule has 2 aromatic rings. The molecule has 2 heterocycles. The molecule has 0 saturated carbocycles. The molecule has 0 aliphatic carbocycles. The Hall–Kier alpha value is -2.76. The van der Waals surface area contributed by atoms with Crippen molar-refractivity contribution in [1.82, 2.24) is 10.2 Å². The van der Waals surface area contributed by atoms with Crippen LogP contribution in [0.25, 0.3) is 0 Å². The summed E-state index contributed by atoms with van der Waals surface area (Å²) in [4.78, 5) is 28.7. The fourth-order valence-corrected chi connectivity index (χ4v) is 3.26. The molecule has 1 aromatic heterocycles. The van der Waals surface area contributed by atoms with E-state index in [9.17, 15) is 9.59 Å². The Labute approximate surface area is 153 Å². The van der Waals surface area contributed by atoms with E-state index < -0.39 is 0 Å². The standard InChI is InChI=1S/C20H25N3O3/c1-14-5-4-6-17(11-14)22-7-9-23(10-8-22)19(24)13-21-20(25)18-12-15(2)26-16(18)3/h4-6,11-12H,7-10,13H2,1-3H3,(H,21,25). The normalized spacial score (nSPS) is 14.4. The third kappa shape index (κ3) is 4.07. The number of piperazine rings is 1. The van der Waals surface area contributed by atoms with Crippen LogP contribution in [0.4, 0.5) is 5.69 Å². The lowest BCUT2D eigenvalue weighted by Gasteiger charge is -2.36. The van der Waals surface area contributed by atoms with Gasteiger partial charge in [0.15, 0.2) is 0 Å². The van der Waals surface area contributed by atoms with Gasteiger partial charge in [0.2, 0.25) is 5.91 Å². The molecule has 138 valence electrons. The summed E-state index contributed by atoms with van der Waals surface area (Å²) >= 11 is 0. The van der Waals surface area contributed by atoms with Gasteiger partial charge in [-0.3, -0.25) is 9.59 Å². The van der Waals surface area contributed by atoms with Crippen LogP contribution in [0, 0.1) is 20.8 Å². The second kappa shape index (κ2) is 7.64. The van der Waals surface area contributed by atoms with E-state index in [1.165, 1.54) is 11.3 Å². The molecule has 3 rings (SSSR count). The molecule has 1 aliphatic rings. The molecule has 1 aliphatic heterocycles. The van der Waals surface area contributed by atoms with Gasteiger partial charge in [0, 0.05) is 31.9 Å². The first kappa shape index (κ1) is 18.0. The van der Waals surface area contributed by atoms with Gasteiger partial charge in [-0.2, -0.15) is 0 Å². The number of anilines is 1. The largest absolute Gasteiger partial charge is 0.466 e. The van der Waals surface area contributed by atoms with Crippen molar-refractivity contribution >= 4 is 17.5 Å². The minimum atomic E-state index is -0.272. The second-order valence-electron chi connectivity index (χ2n) is 6.72. The van der Waals surface area contributed by atoms with Crippen molar-refractivity contribution in [1.29, 1.82) is 0 Å². The minimum absolute atomic E-state index is 0.00689. The Morgan fingerprint density at radius 3 is 2.42 bits per heavy atom. The molecular weight excluding hydrogens is 330 g/mol. The zero-order valence-corrected chi connectivity index (χ0v) is 15.5. The van der Waals surface area contributed by atoms with Crippen molar-refractivity contribution in [3.63, 3.8) is 0 Å². The first-order chi connectivity index (χ1) is 12.4. The van der Waals surface area contributed by atoms with Gasteiger partial charge in [0.05, 0.1) is 12.1 Å². The lowest BCUT2D eigenvalue weighted by molar-refractivity contribution is -0.130. The summed E-state index contributed by atoms with van der Waals surface area (Å²) in [5.41, 5.74) is 2.91. The number of hydrogen-bond acceptors (Lipinski definition) is 4. The molecule has 1 fully saturated rings. The van der Waals surface area contributed by atoms with Crippen LogP contribution in [0.1, 0.15) is 27.4 Å². The maximum atomic E-state index is 12.4. The van der Waals surface area contributed by atoms with Crippen LogP contribution in [-0.2, 0) is 4.79 Å². The molecule has 1 saturated heterocycles. The second-order valence-corrected chi connectivity index (χ2v) is 6.72. The summed E-state index contributed by atoms with van der Waals surface area (Å²) in [6.45, 7) is 8.53. The van der Waals surface area contributed by atoms with Crippen molar-refractivity contribution in [2.24, 2.45) is 0 Å². The molecule has 6 heteroatoms. The molecule has 26 heavy (non-hydrogen) atoms. The topological polar surface area (TPSA) is 65.8 Å². The molecule has 0 radical (unpaired) electrons. The predicted octanol–water partition coefficient (Wildman–Crippen LogP) is 2.28. The highest BCUT2D eigenvalue weighted by Crippen LogP contribution is 2.18. The fourth-order valence-electron chi connectivity index (χ4n) is 3.26. The van der Waals surface area contributed by atoms with Crippen LogP contribution in [0.3, 0.4) is 0 Å². The number of furan rings is 1. The summed E-state index contributed by atoms with van der Waals surface area (Å²) in [7, 11) is 0. The SMILES string of the molecule is Cc1cccc(N2CCN(C(=O)CNC(=O)c3cc(C)oc3C)CC2)c1. The van der Waals surface area contributed by atoms with Crippen molar-refractivity contribution < 1.29 is 14.0 Å². The average molecular weight is 355 g/mol. The van der Waals surface area contributed by atoms with E-state index in [1.807, 2.05) is 0 Å². The molecule has 1 aromatic carbocycles. The van der Waals surface area contributed by atoms with E-state index in [4.69, 9.17) is 4.42 Å². The molecule has 0 spiro atoms. The molecular formula is C20H25N3O3. The quantitative estimate of drug-likeness (QED) is 0.914. The highest BCUT2D eigenvalue weighted by atomic mass is 16.3. The lowest BCUT2D eigenvalue weighted by Crippen LogP contribution is -2.51. The number of carbonyl (C=O) groups is 2. The van der Waals surface area contributed by atoms with Gasteiger partial charge < -0.3 is 19.5 Å². The van der Waals surface area contributed by atoms with Gasteiger partial charge in [0.1, 0.15) is 11.5 Å². The van der Waals surface area contributed by atoms with Crippen LogP contribution >= 0.6 is 0 Å². The number of hydrogen-bond donors (Lipinski definition) is 1. The monoisotopic (exact) mass is 355 g/mol. The van der Waals surface area contributed by atoms with E-state index in [1.54, 1.807) is 24.8 Å². The molecule has 6 nitrogen and oxygen atoms in total. The zero-order valence-electron chi connectivity index (χ0n) is 15.5. The third-order valence-electron chi connectivity index (χ3n) is 4.68. The number of benzene rings is 1. The summed E-state index contributed by atoms with van der Waals surface area (Å²) in [5.74, 6) is 0.927. The lowest BCUT2D eigenvalue weighted by atomic mass is 10.2. The third-order valence-corrected chi connectivity index (χ3v) is 4.68. The number of carbonyl (C=O) groups excluding carboxylic acids is 2. The van der Waals surface area contributed by atoms with E-state index >= 15 is 0 Å². The highest BCUT2D eigenvalue weighted by molar-refractivity contribution is 5.97. The van der Waals surface area contributed by atoms with Crippen LogP contribution in [0.15, 0.2) is 34.7 Å². The Balaban J connectivity index is 1.49. The maximum absolute atomic E-state index is 12.4. The Bertz CT molecular complexity index is 804. The first-order valence-corrected chi connectivity index (χ1v) is 8.88. The first-order valence-electron chi connectivity index (χ1n) is 8.88. The summed E-state index contributed by atoms with van der Waals surface area (Å²) in [6, 6.07) is 10.1. The van der Waals surface area contributed by atoms with Gasteiger partial charge in [-0.15, -0.1) is 0 Å². The van der Waals surface area contributed by atoms with Gasteiger partial charge in [-0.1, -0.05) is 12.1 Å². The van der Waals surface area contributed by atoms with Crippen molar-refractivity contribution in [2.45, 2.75) is 20.8 Å². The zero-order chi connectivity index (χ0) is 18.7. The van der Waals surface area contributed by atoms with Gasteiger partial charge in [-0.05, 0) is 44.5 Å². The van der Waals surface area contributed by atoms with E-state index in [0.29, 0.717) is 30.2 Å². The Morgan fingerprint density at radius 2 is 1.81 bits per heavy atom. The predicted molar refractivity (Wildman–Crippen MR) is 100 cm³/mol. The molecule has 0 atom stereocenters. The fraction of sp³-hybridized carbons (Fsp3) is 0.400. The number of nitrogens with zero attached hydrogens (tertiary/aromatic N) is 2. The van der Waals surface area contributed by atoms with E-state index in [-0.39, 0.29) is 18.4 Å². The average Bonchev–Trinajstić information content (AvgIpc) is 2.98. The molecule has 0 bridgehead atoms. The molecule has 2 amide bonds. The van der Waals surface area contributed by atoms with Crippen LogP contribution in [0.5, 0.6) is 0 Å². The maximum Gasteiger partial charge on any atom is 0.255 e. The van der Waals surface area contributed by atoms with Crippen molar-refractivity contribution in [3.8, 4) is 0 Å². The summed E-state index contributed by atoms with van der Waals surface area (Å²) < 4.78 is 5.36. The highest BCUT2D eigenvalue weighted by Gasteiger charge is 2.22. The summed E-state index contributed by atoms with van der Waals surface area (Å²) in [6.07, 6.45) is 0. The van der Waals surface area contributed by atoms with Crippen LogP contribution in [0.2, 0.25) is 0 Å². The Morgan fingerprint density at radius 1 is 1.08 bits per heavy atom. The van der Waals surface area contributed by atoms with Gasteiger partial charge in [-0.25, -0.2) is 0 Å². The number of amides is 2. The van der Waals surface area contributed by atoms with Gasteiger partial charge in [0.25, 0.3) is 5.91 Å². The number of nitrogens with one attached hydrogen (secondary N) is 1.